The van der Waals surface area contributed by atoms with Crippen LogP contribution in [0.4, 0.5) is 4.39 Å². The molecule has 1 atom stereocenters. The molecule has 1 N–H and O–H groups in total. The highest BCUT2D eigenvalue weighted by atomic mass is 35.5. The van der Waals surface area contributed by atoms with Crippen molar-refractivity contribution in [2.45, 2.75) is 13.3 Å². The van der Waals surface area contributed by atoms with Crippen LogP contribution in [-0.2, 0) is 4.79 Å². The highest BCUT2D eigenvalue weighted by Gasteiger charge is 2.28. The third kappa shape index (κ3) is 2.92. The molecule has 7 heteroatoms. The summed E-state index contributed by atoms with van der Waals surface area (Å²) in [4.78, 5) is 26.0. The number of carboxylic acid groups (broad SMARTS) is 1. The quantitative estimate of drug-likeness (QED) is 0.523. The lowest BCUT2D eigenvalue weighted by Gasteiger charge is -2.09. The molecule has 0 aliphatic rings. The number of aliphatic carboxylic acids is 1. The van der Waals surface area contributed by atoms with Crippen LogP contribution in [0.5, 0.6) is 0 Å². The Labute approximate surface area is 106 Å². The maximum absolute atomic E-state index is 13.1. The van der Waals surface area contributed by atoms with Crippen molar-refractivity contribution in [2.75, 3.05) is 0 Å². The molecule has 1 heterocycles. The lowest BCUT2D eigenvalue weighted by molar-refractivity contribution is -0.140. The predicted octanol–water partition coefficient (Wildman–Crippen LogP) is 2.82. The third-order valence-corrected chi connectivity index (χ3v) is 2.73. The number of Topliss-reactive ketones (excluding diaryl/α,β-unsaturated/α-hetero) is 1. The SMILES string of the molecule is CCC(C(=O)O)C(=O)c1cc(F)c(Cl)nc1Cl. The topological polar surface area (TPSA) is 67.3 Å². The molecule has 0 aromatic carbocycles. The molecule has 1 unspecified atom stereocenters. The van der Waals surface area contributed by atoms with Crippen molar-refractivity contribution in [2.24, 2.45) is 5.92 Å². The first-order valence-electron chi connectivity index (χ1n) is 4.67. The van der Waals surface area contributed by atoms with Gasteiger partial charge in [-0.3, -0.25) is 9.59 Å². The first-order valence-corrected chi connectivity index (χ1v) is 5.42. The van der Waals surface area contributed by atoms with E-state index in [-0.39, 0.29) is 17.1 Å². The zero-order chi connectivity index (χ0) is 13.2. The van der Waals surface area contributed by atoms with Gasteiger partial charge in [0.05, 0.1) is 5.56 Å². The van der Waals surface area contributed by atoms with E-state index in [4.69, 9.17) is 28.3 Å². The Kier molecular flexibility index (Phi) is 4.42. The molecule has 0 bridgehead atoms. The van der Waals surface area contributed by atoms with Gasteiger partial charge in [-0.1, -0.05) is 30.1 Å². The summed E-state index contributed by atoms with van der Waals surface area (Å²) < 4.78 is 13.1. The van der Waals surface area contributed by atoms with Crippen molar-refractivity contribution in [3.8, 4) is 0 Å². The largest absolute Gasteiger partial charge is 0.481 e. The maximum atomic E-state index is 13.1. The standard InChI is InChI=1S/C10H8Cl2FNO3/c1-2-4(10(16)17)7(15)5-3-6(13)9(12)14-8(5)11/h3-4H,2H2,1H3,(H,16,17). The Bertz CT molecular complexity index is 479. The van der Waals surface area contributed by atoms with Crippen LogP contribution in [0, 0.1) is 11.7 Å². The number of hydrogen-bond acceptors (Lipinski definition) is 3. The van der Waals surface area contributed by atoms with Crippen molar-refractivity contribution in [1.82, 2.24) is 4.98 Å². The highest BCUT2D eigenvalue weighted by molar-refractivity contribution is 6.35. The number of carbonyl (C=O) groups excluding carboxylic acids is 1. The van der Waals surface area contributed by atoms with Crippen LogP contribution in [0.1, 0.15) is 23.7 Å². The number of carbonyl (C=O) groups is 2. The van der Waals surface area contributed by atoms with Crippen molar-refractivity contribution in [3.63, 3.8) is 0 Å². The van der Waals surface area contributed by atoms with Crippen LogP contribution >= 0.6 is 23.2 Å². The van der Waals surface area contributed by atoms with Crippen LogP contribution in [0.2, 0.25) is 10.3 Å². The number of rotatable bonds is 4. The number of carboxylic acids is 1. The predicted molar refractivity (Wildman–Crippen MR) is 60.0 cm³/mol. The van der Waals surface area contributed by atoms with Gasteiger partial charge in [0.2, 0.25) is 0 Å². The van der Waals surface area contributed by atoms with E-state index >= 15 is 0 Å². The van der Waals surface area contributed by atoms with Gasteiger partial charge in [-0.05, 0) is 12.5 Å². The van der Waals surface area contributed by atoms with Crippen LogP contribution in [0.3, 0.4) is 0 Å². The molecule has 1 aromatic rings. The number of aromatic nitrogens is 1. The van der Waals surface area contributed by atoms with E-state index in [1.807, 2.05) is 0 Å². The van der Waals surface area contributed by atoms with E-state index in [1.54, 1.807) is 0 Å². The molecule has 0 aliphatic carbocycles. The zero-order valence-electron chi connectivity index (χ0n) is 8.71. The molecule has 0 aliphatic heterocycles. The molecule has 0 fully saturated rings. The van der Waals surface area contributed by atoms with Crippen LogP contribution in [0.15, 0.2) is 6.07 Å². The summed E-state index contributed by atoms with van der Waals surface area (Å²) in [5.41, 5.74) is -0.275. The van der Waals surface area contributed by atoms with Crippen LogP contribution < -0.4 is 0 Å². The molecular formula is C10H8Cl2FNO3. The molecule has 0 saturated carbocycles. The van der Waals surface area contributed by atoms with E-state index in [0.29, 0.717) is 0 Å². The minimum absolute atomic E-state index is 0.0781. The molecular weight excluding hydrogens is 272 g/mol. The Morgan fingerprint density at radius 1 is 1.47 bits per heavy atom. The van der Waals surface area contributed by atoms with Gasteiger partial charge >= 0.3 is 5.97 Å². The molecule has 4 nitrogen and oxygen atoms in total. The molecule has 17 heavy (non-hydrogen) atoms. The average Bonchev–Trinajstić information content (AvgIpc) is 2.23. The van der Waals surface area contributed by atoms with Crippen molar-refractivity contribution in [3.05, 3.63) is 27.8 Å². The molecule has 0 radical (unpaired) electrons. The van der Waals surface area contributed by atoms with Gasteiger partial charge in [-0.15, -0.1) is 0 Å². The monoisotopic (exact) mass is 279 g/mol. The zero-order valence-corrected chi connectivity index (χ0v) is 10.2. The van der Waals surface area contributed by atoms with Crippen LogP contribution in [0.25, 0.3) is 0 Å². The van der Waals surface area contributed by atoms with Gasteiger partial charge in [0.15, 0.2) is 16.8 Å². The first kappa shape index (κ1) is 13.9. The van der Waals surface area contributed by atoms with Crippen molar-refractivity contribution < 1.29 is 19.1 Å². The number of nitrogens with zero attached hydrogens (tertiary/aromatic N) is 1. The lowest BCUT2D eigenvalue weighted by atomic mass is 9.96. The normalized spacial score (nSPS) is 12.2. The van der Waals surface area contributed by atoms with E-state index in [1.165, 1.54) is 6.92 Å². The summed E-state index contributed by atoms with van der Waals surface area (Å²) in [6.07, 6.45) is 0.0781. The van der Waals surface area contributed by atoms with E-state index in [0.717, 1.165) is 6.07 Å². The molecule has 92 valence electrons. The summed E-state index contributed by atoms with van der Waals surface area (Å²) in [6, 6.07) is 0.797. The van der Waals surface area contributed by atoms with E-state index in [9.17, 15) is 14.0 Å². The minimum atomic E-state index is -1.29. The fraction of sp³-hybridized carbons (Fsp3) is 0.300. The van der Waals surface area contributed by atoms with Gasteiger partial charge in [-0.2, -0.15) is 0 Å². The number of pyridine rings is 1. The smallest absolute Gasteiger partial charge is 0.314 e. The van der Waals surface area contributed by atoms with Gasteiger partial charge in [0, 0.05) is 0 Å². The maximum Gasteiger partial charge on any atom is 0.314 e. The summed E-state index contributed by atoms with van der Waals surface area (Å²) in [6.45, 7) is 1.53. The van der Waals surface area contributed by atoms with Crippen LogP contribution in [-0.4, -0.2) is 21.8 Å². The number of ketones is 1. The van der Waals surface area contributed by atoms with E-state index in [2.05, 4.69) is 4.98 Å². The molecule has 1 rings (SSSR count). The lowest BCUT2D eigenvalue weighted by Crippen LogP contribution is -2.23. The number of hydrogen-bond donors (Lipinski definition) is 1. The molecule has 0 spiro atoms. The average molecular weight is 280 g/mol. The second-order valence-electron chi connectivity index (χ2n) is 3.26. The summed E-state index contributed by atoms with van der Waals surface area (Å²) in [5.74, 6) is -4.26. The summed E-state index contributed by atoms with van der Waals surface area (Å²) >= 11 is 11.0. The Morgan fingerprint density at radius 2 is 2.06 bits per heavy atom. The highest BCUT2D eigenvalue weighted by Crippen LogP contribution is 2.23. The molecule has 0 saturated heterocycles. The third-order valence-electron chi connectivity index (χ3n) is 2.17. The molecule has 1 aromatic heterocycles. The molecule has 0 amide bonds. The summed E-state index contributed by atoms with van der Waals surface area (Å²) in [7, 11) is 0. The second kappa shape index (κ2) is 5.42. The first-order chi connectivity index (χ1) is 7.88. The summed E-state index contributed by atoms with van der Waals surface area (Å²) in [5, 5.41) is 8.05. The number of halogens is 3. The second-order valence-corrected chi connectivity index (χ2v) is 3.98. The Balaban J connectivity index is 3.20. The Hall–Kier alpha value is -1.20. The van der Waals surface area contributed by atoms with Crippen molar-refractivity contribution in [1.29, 1.82) is 0 Å². The Morgan fingerprint density at radius 3 is 2.53 bits per heavy atom. The van der Waals surface area contributed by atoms with Gasteiger partial charge < -0.3 is 5.11 Å². The van der Waals surface area contributed by atoms with Gasteiger partial charge in [0.1, 0.15) is 11.1 Å². The minimum Gasteiger partial charge on any atom is -0.481 e. The van der Waals surface area contributed by atoms with E-state index < -0.39 is 28.6 Å². The fourth-order valence-electron chi connectivity index (χ4n) is 1.28. The van der Waals surface area contributed by atoms with Gasteiger partial charge in [-0.25, -0.2) is 9.37 Å². The van der Waals surface area contributed by atoms with Crippen molar-refractivity contribution >= 4 is 35.0 Å². The van der Waals surface area contributed by atoms with Gasteiger partial charge in [0.25, 0.3) is 0 Å². The fourth-order valence-corrected chi connectivity index (χ4v) is 1.69.